The molecular formula is C46H69N5O5Si. The molecule has 1 saturated heterocycles. The number of hydrogen-bond acceptors (Lipinski definition) is 7. The number of carbonyl (C=O) groups excluding carboxylic acids is 3. The molecule has 57 heavy (non-hydrogen) atoms. The molecule has 10 nitrogen and oxygen atoms in total. The fourth-order valence-corrected chi connectivity index (χ4v) is 8.42. The van der Waals surface area contributed by atoms with E-state index < -0.39 is 44.1 Å². The maximum Gasteiger partial charge on any atom is 0.407 e. The highest BCUT2D eigenvalue weighted by Gasteiger charge is 2.43. The molecule has 0 spiro atoms. The number of likely N-dealkylation sites (tertiary alicyclic amines) is 1. The Hall–Kier alpha value is -4.06. The van der Waals surface area contributed by atoms with Crippen molar-refractivity contribution in [1.29, 1.82) is 0 Å². The number of nitrogens with zero attached hydrogens (tertiary/aromatic N) is 2. The van der Waals surface area contributed by atoms with Crippen molar-refractivity contribution >= 4 is 26.2 Å². The van der Waals surface area contributed by atoms with Crippen molar-refractivity contribution < 1.29 is 23.5 Å². The Morgan fingerprint density at radius 1 is 0.825 bits per heavy atom. The molecule has 2 aromatic carbocycles. The Labute approximate surface area is 343 Å². The zero-order valence-corrected chi connectivity index (χ0v) is 37.4. The van der Waals surface area contributed by atoms with E-state index in [2.05, 4.69) is 79.1 Å². The molecule has 0 bridgehead atoms. The van der Waals surface area contributed by atoms with E-state index in [-0.39, 0.29) is 22.8 Å². The Bertz CT molecular complexity index is 1720. The highest BCUT2D eigenvalue weighted by atomic mass is 28.4. The minimum Gasteiger partial charge on any atom is -0.444 e. The average molecular weight is 800 g/mol. The van der Waals surface area contributed by atoms with Gasteiger partial charge in [0, 0.05) is 37.4 Å². The quantitative estimate of drug-likeness (QED) is 0.125. The number of carbonyl (C=O) groups is 3. The Morgan fingerprint density at radius 2 is 1.40 bits per heavy atom. The number of benzene rings is 2. The summed E-state index contributed by atoms with van der Waals surface area (Å²) in [5.41, 5.74) is 3.42. The van der Waals surface area contributed by atoms with Gasteiger partial charge in [-0.25, -0.2) is 4.79 Å². The van der Waals surface area contributed by atoms with Crippen LogP contribution in [0.25, 0.3) is 11.1 Å². The van der Waals surface area contributed by atoms with Gasteiger partial charge in [-0.2, -0.15) is 0 Å². The molecule has 4 rings (SSSR count). The lowest BCUT2D eigenvalue weighted by Gasteiger charge is -2.42. The summed E-state index contributed by atoms with van der Waals surface area (Å²) >= 11 is 0. The normalized spacial score (nSPS) is 16.4. The third kappa shape index (κ3) is 13.8. The van der Waals surface area contributed by atoms with E-state index in [1.165, 1.54) is 0 Å². The second kappa shape index (κ2) is 20.1. The molecule has 3 N–H and O–H groups in total. The number of rotatable bonds is 16. The molecule has 1 fully saturated rings. The molecule has 0 saturated carbocycles. The van der Waals surface area contributed by atoms with Crippen LogP contribution in [0.3, 0.4) is 0 Å². The van der Waals surface area contributed by atoms with Crippen LogP contribution in [0.2, 0.25) is 18.1 Å². The molecule has 1 aliphatic rings. The molecule has 0 radical (unpaired) electrons. The number of aromatic nitrogens is 1. The SMILES string of the molecule is CNC1CCN(C(=O)C(NC(=O)C(Cc2ccc(-c3ccncc3)cc2)CC(O[Si](C)(C)C(C)(C)C)C(Cc2ccccc2)NC(=O)OC(C)(C)C)C(C)C)CC1. The predicted octanol–water partition coefficient (Wildman–Crippen LogP) is 8.18. The molecule has 1 aliphatic heterocycles. The van der Waals surface area contributed by atoms with Crippen LogP contribution in [-0.4, -0.2) is 86.1 Å². The summed E-state index contributed by atoms with van der Waals surface area (Å²) in [4.78, 5) is 48.6. The molecule has 0 aliphatic carbocycles. The number of ether oxygens (including phenoxy) is 1. The van der Waals surface area contributed by atoms with Crippen molar-refractivity contribution in [3.63, 3.8) is 0 Å². The van der Waals surface area contributed by atoms with Crippen LogP contribution in [0.1, 0.15) is 85.8 Å². The van der Waals surface area contributed by atoms with Gasteiger partial charge in [-0.15, -0.1) is 0 Å². The molecular weight excluding hydrogens is 731 g/mol. The van der Waals surface area contributed by atoms with Gasteiger partial charge in [-0.05, 0) is 118 Å². The van der Waals surface area contributed by atoms with Gasteiger partial charge < -0.3 is 30.0 Å². The molecule has 4 unspecified atom stereocenters. The van der Waals surface area contributed by atoms with E-state index in [9.17, 15) is 14.4 Å². The number of hydrogen-bond donors (Lipinski definition) is 3. The zero-order valence-electron chi connectivity index (χ0n) is 36.4. The Kier molecular flexibility index (Phi) is 16.1. The van der Waals surface area contributed by atoms with Gasteiger partial charge in [-0.1, -0.05) is 89.2 Å². The van der Waals surface area contributed by atoms with Gasteiger partial charge in [0.2, 0.25) is 11.8 Å². The molecule has 3 aromatic rings. The topological polar surface area (TPSA) is 122 Å². The summed E-state index contributed by atoms with van der Waals surface area (Å²) in [7, 11) is -0.519. The first kappa shape index (κ1) is 45.6. The minimum absolute atomic E-state index is 0.0454. The fraction of sp³-hybridized carbons (Fsp3) is 0.565. The summed E-state index contributed by atoms with van der Waals surface area (Å²) in [6.45, 7) is 21.8. The number of amides is 3. The van der Waals surface area contributed by atoms with Gasteiger partial charge in [-0.3, -0.25) is 14.6 Å². The highest BCUT2D eigenvalue weighted by Crippen LogP contribution is 2.39. The van der Waals surface area contributed by atoms with Crippen molar-refractivity contribution in [2.24, 2.45) is 11.8 Å². The van der Waals surface area contributed by atoms with Crippen molar-refractivity contribution in [2.75, 3.05) is 20.1 Å². The standard InChI is InChI=1S/C46H69N5O5Si/c1-32(2)41(43(53)51-27-23-38(47-9)24-28-51)50-42(52)37(29-34-17-19-35(20-18-34)36-21-25-48-26-22-36)31-40(56-57(10,11)46(6,7)8)39(30-33-15-13-12-14-16-33)49-44(54)55-45(3,4)5/h12-22,25-26,32,37-41,47H,23-24,27-31H2,1-11H3,(H,49,54)(H,50,52). The third-order valence-electron chi connectivity index (χ3n) is 11.5. The third-order valence-corrected chi connectivity index (χ3v) is 16.0. The van der Waals surface area contributed by atoms with E-state index in [1.54, 1.807) is 12.4 Å². The number of nitrogens with one attached hydrogen (secondary N) is 3. The molecule has 11 heteroatoms. The second-order valence-electron chi connectivity index (χ2n) is 18.5. The number of piperidine rings is 1. The van der Waals surface area contributed by atoms with Crippen molar-refractivity contribution in [3.8, 4) is 11.1 Å². The van der Waals surface area contributed by atoms with Gasteiger partial charge in [0.05, 0.1) is 12.1 Å². The minimum atomic E-state index is -2.48. The Morgan fingerprint density at radius 3 is 1.95 bits per heavy atom. The Balaban J connectivity index is 1.75. The van der Waals surface area contributed by atoms with Crippen molar-refractivity contribution in [1.82, 2.24) is 25.8 Å². The first-order chi connectivity index (χ1) is 26.8. The van der Waals surface area contributed by atoms with Crippen LogP contribution in [0.4, 0.5) is 4.79 Å². The first-order valence-electron chi connectivity index (χ1n) is 20.7. The lowest BCUT2D eigenvalue weighted by atomic mass is 9.87. The molecule has 2 heterocycles. The average Bonchev–Trinajstić information content (AvgIpc) is 3.15. The molecule has 1 aromatic heterocycles. The smallest absolute Gasteiger partial charge is 0.407 e. The van der Waals surface area contributed by atoms with Crippen LogP contribution in [0.5, 0.6) is 0 Å². The van der Waals surface area contributed by atoms with Gasteiger partial charge in [0.15, 0.2) is 8.32 Å². The maximum absolute atomic E-state index is 14.9. The highest BCUT2D eigenvalue weighted by molar-refractivity contribution is 6.74. The summed E-state index contributed by atoms with van der Waals surface area (Å²) in [6, 6.07) is 21.4. The number of alkyl carbamates (subject to hydrolysis) is 1. The van der Waals surface area contributed by atoms with Crippen LogP contribution < -0.4 is 16.0 Å². The van der Waals surface area contributed by atoms with Gasteiger partial charge in [0.1, 0.15) is 11.6 Å². The van der Waals surface area contributed by atoms with Gasteiger partial charge in [0.25, 0.3) is 0 Å². The lowest BCUT2D eigenvalue weighted by Crippen LogP contribution is -2.56. The van der Waals surface area contributed by atoms with Gasteiger partial charge >= 0.3 is 6.09 Å². The number of pyridine rings is 1. The first-order valence-corrected chi connectivity index (χ1v) is 23.6. The molecule has 3 amide bonds. The van der Waals surface area contributed by atoms with Crippen LogP contribution in [-0.2, 0) is 31.6 Å². The van der Waals surface area contributed by atoms with E-state index in [1.807, 2.05) is 89.0 Å². The monoisotopic (exact) mass is 800 g/mol. The fourth-order valence-electron chi connectivity index (χ4n) is 7.05. The summed E-state index contributed by atoms with van der Waals surface area (Å²) in [5, 5.41) is 9.63. The largest absolute Gasteiger partial charge is 0.444 e. The van der Waals surface area contributed by atoms with Crippen LogP contribution in [0, 0.1) is 11.8 Å². The molecule has 4 atom stereocenters. The zero-order chi connectivity index (χ0) is 42.0. The van der Waals surface area contributed by atoms with E-state index >= 15 is 0 Å². The van der Waals surface area contributed by atoms with Crippen LogP contribution >= 0.6 is 0 Å². The van der Waals surface area contributed by atoms with E-state index in [0.717, 1.165) is 35.1 Å². The summed E-state index contributed by atoms with van der Waals surface area (Å²) in [6.07, 6.45) is 5.41. The summed E-state index contributed by atoms with van der Waals surface area (Å²) < 4.78 is 13.1. The molecule has 312 valence electrons. The van der Waals surface area contributed by atoms with Crippen molar-refractivity contribution in [2.45, 2.75) is 135 Å². The van der Waals surface area contributed by atoms with Crippen molar-refractivity contribution in [3.05, 3.63) is 90.3 Å². The maximum atomic E-state index is 14.9. The summed E-state index contributed by atoms with van der Waals surface area (Å²) in [5.74, 6) is -0.960. The van der Waals surface area contributed by atoms with Crippen LogP contribution in [0.15, 0.2) is 79.1 Å². The predicted molar refractivity (Wildman–Crippen MR) is 232 cm³/mol. The van der Waals surface area contributed by atoms with E-state index in [0.29, 0.717) is 38.4 Å². The second-order valence-corrected chi connectivity index (χ2v) is 23.3. The lowest BCUT2D eigenvalue weighted by molar-refractivity contribution is -0.139. The van der Waals surface area contributed by atoms with E-state index in [4.69, 9.17) is 9.16 Å².